The Morgan fingerprint density at radius 3 is 2.95 bits per heavy atom. The molecule has 0 aliphatic rings. The maximum absolute atomic E-state index is 4.50. The first-order chi connectivity index (χ1) is 10.2. The lowest BCUT2D eigenvalue weighted by Crippen LogP contribution is -2.17. The van der Waals surface area contributed by atoms with Crippen LogP contribution in [-0.2, 0) is 20.0 Å². The molecule has 3 aromatic rings. The van der Waals surface area contributed by atoms with Crippen LogP contribution in [0.2, 0.25) is 0 Å². The monoisotopic (exact) mass is 344 g/mol. The third-order valence-corrected chi connectivity index (χ3v) is 4.13. The molecule has 0 bridgehead atoms. The van der Waals surface area contributed by atoms with Gasteiger partial charge in [0.25, 0.3) is 0 Å². The first kappa shape index (κ1) is 14.2. The highest BCUT2D eigenvalue weighted by Crippen LogP contribution is 2.25. The summed E-state index contributed by atoms with van der Waals surface area (Å²) < 4.78 is 2.92. The third kappa shape index (κ3) is 3.31. The quantitative estimate of drug-likeness (QED) is 0.723. The summed E-state index contributed by atoms with van der Waals surface area (Å²) in [6.45, 7) is 1.72. The van der Waals surface area contributed by atoms with Crippen LogP contribution in [0, 0.1) is 0 Å². The standard InChI is InChI=1S/C16H17BrN4/c1-21-10-7-13(20-21)6-9-18-11-12-4-5-15(17)14-3-2-8-19-16(12)14/h2-5,7-8,10,18H,6,9,11H2,1H3. The summed E-state index contributed by atoms with van der Waals surface area (Å²) in [5.74, 6) is 0. The van der Waals surface area contributed by atoms with Crippen molar-refractivity contribution in [3.05, 3.63) is 58.5 Å². The van der Waals surface area contributed by atoms with Crippen LogP contribution >= 0.6 is 15.9 Å². The number of benzene rings is 1. The molecule has 0 aliphatic heterocycles. The molecule has 0 amide bonds. The van der Waals surface area contributed by atoms with Crippen molar-refractivity contribution >= 4 is 26.8 Å². The smallest absolute Gasteiger partial charge is 0.0758 e. The summed E-state index contributed by atoms with van der Waals surface area (Å²) in [7, 11) is 1.94. The Kier molecular flexibility index (Phi) is 4.31. The molecule has 0 fully saturated rings. The average Bonchev–Trinajstić information content (AvgIpc) is 2.91. The van der Waals surface area contributed by atoms with E-state index in [0.29, 0.717) is 0 Å². The number of pyridine rings is 1. The fourth-order valence-electron chi connectivity index (χ4n) is 2.38. The summed E-state index contributed by atoms with van der Waals surface area (Å²) in [5.41, 5.74) is 3.39. The Hall–Kier alpha value is -1.72. The molecule has 0 saturated carbocycles. The zero-order valence-electron chi connectivity index (χ0n) is 11.9. The Morgan fingerprint density at radius 2 is 2.14 bits per heavy atom. The van der Waals surface area contributed by atoms with Gasteiger partial charge in [-0.15, -0.1) is 0 Å². The molecule has 21 heavy (non-hydrogen) atoms. The molecule has 2 heterocycles. The summed E-state index contributed by atoms with van der Waals surface area (Å²) in [5, 5.41) is 9.00. The summed E-state index contributed by atoms with van der Waals surface area (Å²) in [6, 6.07) is 10.3. The highest BCUT2D eigenvalue weighted by Gasteiger charge is 2.05. The molecular weight excluding hydrogens is 328 g/mol. The number of rotatable bonds is 5. The molecule has 108 valence electrons. The number of aryl methyl sites for hydroxylation is 1. The van der Waals surface area contributed by atoms with Gasteiger partial charge in [-0.25, -0.2) is 0 Å². The van der Waals surface area contributed by atoms with E-state index in [1.807, 2.05) is 30.2 Å². The van der Waals surface area contributed by atoms with Gasteiger partial charge in [-0.3, -0.25) is 9.67 Å². The fourth-order valence-corrected chi connectivity index (χ4v) is 2.83. The van der Waals surface area contributed by atoms with E-state index >= 15 is 0 Å². The van der Waals surface area contributed by atoms with Crippen LogP contribution < -0.4 is 5.32 Å². The minimum atomic E-state index is 0.813. The molecule has 0 atom stereocenters. The molecule has 3 rings (SSSR count). The topological polar surface area (TPSA) is 42.7 Å². The number of nitrogens with one attached hydrogen (secondary N) is 1. The van der Waals surface area contributed by atoms with Crippen molar-refractivity contribution in [2.24, 2.45) is 7.05 Å². The number of halogens is 1. The van der Waals surface area contributed by atoms with Crippen LogP contribution in [0.3, 0.4) is 0 Å². The number of nitrogens with zero attached hydrogens (tertiary/aromatic N) is 3. The van der Waals surface area contributed by atoms with Gasteiger partial charge in [-0.05, 0) is 23.8 Å². The Morgan fingerprint density at radius 1 is 1.24 bits per heavy atom. The van der Waals surface area contributed by atoms with Crippen LogP contribution in [-0.4, -0.2) is 21.3 Å². The van der Waals surface area contributed by atoms with Gasteiger partial charge in [0.1, 0.15) is 0 Å². The minimum Gasteiger partial charge on any atom is -0.312 e. The Balaban J connectivity index is 1.64. The van der Waals surface area contributed by atoms with Crippen molar-refractivity contribution < 1.29 is 0 Å². The predicted octanol–water partition coefficient (Wildman–Crippen LogP) is 3.06. The van der Waals surface area contributed by atoms with E-state index in [-0.39, 0.29) is 0 Å². The lowest BCUT2D eigenvalue weighted by atomic mass is 10.1. The van der Waals surface area contributed by atoms with E-state index in [1.165, 1.54) is 5.56 Å². The van der Waals surface area contributed by atoms with Gasteiger partial charge < -0.3 is 5.32 Å². The molecule has 4 nitrogen and oxygen atoms in total. The molecule has 0 aliphatic carbocycles. The van der Waals surface area contributed by atoms with Crippen molar-refractivity contribution in [3.8, 4) is 0 Å². The zero-order valence-corrected chi connectivity index (χ0v) is 13.5. The highest BCUT2D eigenvalue weighted by molar-refractivity contribution is 9.10. The van der Waals surface area contributed by atoms with Crippen molar-refractivity contribution in [3.63, 3.8) is 0 Å². The maximum atomic E-state index is 4.50. The SMILES string of the molecule is Cn1ccc(CCNCc2ccc(Br)c3cccnc23)n1. The molecule has 0 saturated heterocycles. The van der Waals surface area contributed by atoms with Gasteiger partial charge in [0.05, 0.1) is 11.2 Å². The van der Waals surface area contributed by atoms with Gasteiger partial charge in [0.15, 0.2) is 0 Å². The number of fused-ring (bicyclic) bond motifs is 1. The van der Waals surface area contributed by atoms with Gasteiger partial charge in [-0.1, -0.05) is 28.1 Å². The molecule has 2 aromatic heterocycles. The van der Waals surface area contributed by atoms with Crippen LogP contribution in [0.1, 0.15) is 11.3 Å². The van der Waals surface area contributed by atoms with Gasteiger partial charge >= 0.3 is 0 Å². The Bertz CT molecular complexity index is 751. The summed E-state index contributed by atoms with van der Waals surface area (Å²) >= 11 is 3.57. The van der Waals surface area contributed by atoms with Crippen molar-refractivity contribution in [2.75, 3.05) is 6.54 Å². The van der Waals surface area contributed by atoms with Gasteiger partial charge in [-0.2, -0.15) is 5.10 Å². The van der Waals surface area contributed by atoms with Crippen molar-refractivity contribution in [1.82, 2.24) is 20.1 Å². The van der Waals surface area contributed by atoms with E-state index in [4.69, 9.17) is 0 Å². The predicted molar refractivity (Wildman–Crippen MR) is 88.1 cm³/mol. The second kappa shape index (κ2) is 6.37. The molecule has 0 radical (unpaired) electrons. The minimum absolute atomic E-state index is 0.813. The van der Waals surface area contributed by atoms with Crippen LogP contribution in [0.4, 0.5) is 0 Å². The van der Waals surface area contributed by atoms with E-state index in [0.717, 1.165) is 40.6 Å². The molecule has 0 unspecified atom stereocenters. The van der Waals surface area contributed by atoms with E-state index in [2.05, 4.69) is 55.6 Å². The normalized spacial score (nSPS) is 11.1. The second-order valence-corrected chi connectivity index (χ2v) is 5.87. The fraction of sp³-hybridized carbons (Fsp3) is 0.250. The molecule has 0 spiro atoms. The Labute approximate surface area is 132 Å². The van der Waals surface area contributed by atoms with E-state index in [9.17, 15) is 0 Å². The number of hydrogen-bond donors (Lipinski definition) is 1. The lowest BCUT2D eigenvalue weighted by Gasteiger charge is -2.08. The third-order valence-electron chi connectivity index (χ3n) is 3.44. The highest BCUT2D eigenvalue weighted by atomic mass is 79.9. The number of hydrogen-bond acceptors (Lipinski definition) is 3. The molecular formula is C16H17BrN4. The van der Waals surface area contributed by atoms with Crippen LogP contribution in [0.5, 0.6) is 0 Å². The molecule has 5 heteroatoms. The lowest BCUT2D eigenvalue weighted by molar-refractivity contribution is 0.667. The molecule has 1 N–H and O–H groups in total. The van der Waals surface area contributed by atoms with Gasteiger partial charge in [0.2, 0.25) is 0 Å². The largest absolute Gasteiger partial charge is 0.312 e. The average molecular weight is 345 g/mol. The van der Waals surface area contributed by atoms with E-state index < -0.39 is 0 Å². The first-order valence-corrected chi connectivity index (χ1v) is 7.75. The zero-order chi connectivity index (χ0) is 14.7. The maximum Gasteiger partial charge on any atom is 0.0758 e. The first-order valence-electron chi connectivity index (χ1n) is 6.95. The van der Waals surface area contributed by atoms with Crippen molar-refractivity contribution in [2.45, 2.75) is 13.0 Å². The van der Waals surface area contributed by atoms with Crippen LogP contribution in [0.25, 0.3) is 10.9 Å². The summed E-state index contributed by atoms with van der Waals surface area (Å²) in [4.78, 5) is 4.50. The summed E-state index contributed by atoms with van der Waals surface area (Å²) in [6.07, 6.45) is 4.75. The van der Waals surface area contributed by atoms with Crippen molar-refractivity contribution in [1.29, 1.82) is 0 Å². The van der Waals surface area contributed by atoms with Crippen LogP contribution in [0.15, 0.2) is 47.2 Å². The second-order valence-electron chi connectivity index (χ2n) is 5.01. The van der Waals surface area contributed by atoms with Gasteiger partial charge in [0, 0.05) is 48.8 Å². The number of aromatic nitrogens is 3. The molecule has 1 aromatic carbocycles. The van der Waals surface area contributed by atoms with E-state index in [1.54, 1.807) is 0 Å².